The Kier molecular flexibility index (Phi) is 4.77. The van der Waals surface area contributed by atoms with Gasteiger partial charge in [-0.15, -0.1) is 0 Å². The van der Waals surface area contributed by atoms with Crippen LogP contribution in [0.4, 0.5) is 0 Å². The Balaban J connectivity index is 2.64. The molecule has 0 aliphatic heterocycles. The smallest absolute Gasteiger partial charge is 0.239 e. The van der Waals surface area contributed by atoms with Gasteiger partial charge in [0.05, 0.1) is 6.04 Å². The molecule has 0 bridgehead atoms. The van der Waals surface area contributed by atoms with Crippen LogP contribution >= 0.6 is 11.6 Å². The van der Waals surface area contributed by atoms with Crippen LogP contribution in [0.3, 0.4) is 0 Å². The van der Waals surface area contributed by atoms with Crippen LogP contribution in [0.5, 0.6) is 0 Å². The molecule has 0 radical (unpaired) electrons. The zero-order valence-electron chi connectivity index (χ0n) is 9.83. The highest BCUT2D eigenvalue weighted by molar-refractivity contribution is 6.30. The molecule has 1 amide bonds. The molecule has 0 aliphatic rings. The monoisotopic (exact) mass is 240 g/mol. The van der Waals surface area contributed by atoms with Gasteiger partial charge in [0.1, 0.15) is 0 Å². The molecule has 1 rings (SSSR count). The second-order valence-corrected chi connectivity index (χ2v) is 4.27. The van der Waals surface area contributed by atoms with E-state index in [0.29, 0.717) is 11.6 Å². The fraction of sp³-hybridized carbons (Fsp3) is 0.417. The third-order valence-corrected chi connectivity index (χ3v) is 2.72. The molecule has 0 heterocycles. The molecule has 0 spiro atoms. The first-order chi connectivity index (χ1) is 7.54. The summed E-state index contributed by atoms with van der Waals surface area (Å²) in [5.74, 6) is 0.0717. The van der Waals surface area contributed by atoms with Crippen molar-refractivity contribution in [2.45, 2.75) is 19.5 Å². The van der Waals surface area contributed by atoms with Crippen LogP contribution in [0, 0.1) is 0 Å². The highest BCUT2D eigenvalue weighted by Crippen LogP contribution is 2.12. The quantitative estimate of drug-likeness (QED) is 0.872. The summed E-state index contributed by atoms with van der Waals surface area (Å²) in [7, 11) is 3.56. The zero-order chi connectivity index (χ0) is 12.1. The van der Waals surface area contributed by atoms with Gasteiger partial charge in [-0.3, -0.25) is 4.79 Å². The summed E-state index contributed by atoms with van der Waals surface area (Å²) in [6.07, 6.45) is 0. The van der Waals surface area contributed by atoms with Crippen LogP contribution in [0.2, 0.25) is 5.02 Å². The molecule has 16 heavy (non-hydrogen) atoms. The largest absolute Gasteiger partial charge is 0.340 e. The molecule has 1 aromatic carbocycles. The summed E-state index contributed by atoms with van der Waals surface area (Å²) < 4.78 is 0. The minimum absolute atomic E-state index is 0.0717. The van der Waals surface area contributed by atoms with E-state index in [4.69, 9.17) is 11.6 Å². The number of halogens is 1. The number of benzene rings is 1. The van der Waals surface area contributed by atoms with Gasteiger partial charge in [0.15, 0.2) is 0 Å². The molecular formula is C12H17ClN2O. The predicted molar refractivity (Wildman–Crippen MR) is 66.4 cm³/mol. The summed E-state index contributed by atoms with van der Waals surface area (Å²) in [6, 6.07) is 7.37. The summed E-state index contributed by atoms with van der Waals surface area (Å²) in [5, 5.41) is 3.62. The van der Waals surface area contributed by atoms with E-state index in [0.717, 1.165) is 5.56 Å². The van der Waals surface area contributed by atoms with Gasteiger partial charge in [-0.25, -0.2) is 0 Å². The van der Waals surface area contributed by atoms with Gasteiger partial charge in [-0.05, 0) is 31.7 Å². The molecular weight excluding hydrogens is 224 g/mol. The normalized spacial score (nSPS) is 12.2. The van der Waals surface area contributed by atoms with Crippen molar-refractivity contribution in [1.82, 2.24) is 10.2 Å². The summed E-state index contributed by atoms with van der Waals surface area (Å²) in [4.78, 5) is 13.5. The number of nitrogens with zero attached hydrogens (tertiary/aromatic N) is 1. The number of carbonyl (C=O) groups excluding carboxylic acids is 1. The van der Waals surface area contributed by atoms with E-state index in [-0.39, 0.29) is 11.9 Å². The van der Waals surface area contributed by atoms with Crippen LogP contribution < -0.4 is 5.32 Å². The highest BCUT2D eigenvalue weighted by Gasteiger charge is 2.15. The average molecular weight is 241 g/mol. The molecule has 1 unspecified atom stereocenters. The first-order valence-electron chi connectivity index (χ1n) is 5.21. The van der Waals surface area contributed by atoms with E-state index >= 15 is 0 Å². The number of hydrogen-bond donors (Lipinski definition) is 1. The Morgan fingerprint density at radius 3 is 2.81 bits per heavy atom. The second kappa shape index (κ2) is 5.87. The van der Waals surface area contributed by atoms with Crippen LogP contribution in [0.15, 0.2) is 24.3 Å². The van der Waals surface area contributed by atoms with E-state index < -0.39 is 0 Å². The Hall–Kier alpha value is -1.06. The molecule has 4 heteroatoms. The maximum Gasteiger partial charge on any atom is 0.239 e. The maximum atomic E-state index is 11.8. The van der Waals surface area contributed by atoms with Crippen molar-refractivity contribution in [3.05, 3.63) is 34.9 Å². The minimum atomic E-state index is -0.163. The van der Waals surface area contributed by atoms with E-state index in [1.165, 1.54) is 0 Å². The summed E-state index contributed by atoms with van der Waals surface area (Å²) >= 11 is 5.88. The van der Waals surface area contributed by atoms with Crippen molar-refractivity contribution in [2.75, 3.05) is 14.1 Å². The van der Waals surface area contributed by atoms with Crippen LogP contribution in [-0.4, -0.2) is 30.9 Å². The fourth-order valence-corrected chi connectivity index (χ4v) is 1.65. The lowest BCUT2D eigenvalue weighted by molar-refractivity contribution is -0.132. The molecule has 0 saturated heterocycles. The van der Waals surface area contributed by atoms with Crippen molar-refractivity contribution in [2.24, 2.45) is 0 Å². The maximum absolute atomic E-state index is 11.8. The molecule has 0 aliphatic carbocycles. The molecule has 3 nitrogen and oxygen atoms in total. The Morgan fingerprint density at radius 2 is 2.25 bits per heavy atom. The fourth-order valence-electron chi connectivity index (χ4n) is 1.44. The zero-order valence-corrected chi connectivity index (χ0v) is 10.6. The lowest BCUT2D eigenvalue weighted by Crippen LogP contribution is -2.41. The van der Waals surface area contributed by atoms with Crippen LogP contribution in [0.1, 0.15) is 12.5 Å². The van der Waals surface area contributed by atoms with Gasteiger partial charge in [0, 0.05) is 18.6 Å². The SMILES string of the molecule is CNC(C)C(=O)N(C)Cc1cccc(Cl)c1. The van der Waals surface area contributed by atoms with Crippen molar-refractivity contribution < 1.29 is 4.79 Å². The summed E-state index contributed by atoms with van der Waals surface area (Å²) in [5.41, 5.74) is 1.03. The van der Waals surface area contributed by atoms with Crippen molar-refractivity contribution in [3.8, 4) is 0 Å². The number of carbonyl (C=O) groups is 1. The second-order valence-electron chi connectivity index (χ2n) is 3.83. The van der Waals surface area contributed by atoms with E-state index in [1.54, 1.807) is 19.0 Å². The predicted octanol–water partition coefficient (Wildman–Crippen LogP) is 1.91. The molecule has 1 atom stereocenters. The van der Waals surface area contributed by atoms with E-state index in [2.05, 4.69) is 5.32 Å². The van der Waals surface area contributed by atoms with Gasteiger partial charge < -0.3 is 10.2 Å². The number of likely N-dealkylation sites (N-methyl/N-ethyl adjacent to an activating group) is 2. The van der Waals surface area contributed by atoms with Gasteiger partial charge in [-0.2, -0.15) is 0 Å². The van der Waals surface area contributed by atoms with Crippen LogP contribution in [0.25, 0.3) is 0 Å². The Labute approximate surface area is 101 Å². The van der Waals surface area contributed by atoms with Crippen molar-refractivity contribution in [3.63, 3.8) is 0 Å². The lowest BCUT2D eigenvalue weighted by Gasteiger charge is -2.21. The highest BCUT2D eigenvalue weighted by atomic mass is 35.5. The van der Waals surface area contributed by atoms with Crippen LogP contribution in [-0.2, 0) is 11.3 Å². The number of amides is 1. The lowest BCUT2D eigenvalue weighted by atomic mass is 10.2. The minimum Gasteiger partial charge on any atom is -0.340 e. The molecule has 1 N–H and O–H groups in total. The number of nitrogens with one attached hydrogen (secondary N) is 1. The molecule has 0 fully saturated rings. The number of hydrogen-bond acceptors (Lipinski definition) is 2. The third-order valence-electron chi connectivity index (χ3n) is 2.49. The standard InChI is InChI=1S/C12H17ClN2O/c1-9(14-2)12(16)15(3)8-10-5-4-6-11(13)7-10/h4-7,9,14H,8H2,1-3H3. The first-order valence-corrected chi connectivity index (χ1v) is 5.59. The summed E-state index contributed by atoms with van der Waals surface area (Å²) in [6.45, 7) is 2.42. The van der Waals surface area contributed by atoms with Gasteiger partial charge >= 0.3 is 0 Å². The van der Waals surface area contributed by atoms with E-state index in [1.807, 2.05) is 31.2 Å². The topological polar surface area (TPSA) is 32.3 Å². The van der Waals surface area contributed by atoms with Gasteiger partial charge in [0.25, 0.3) is 0 Å². The van der Waals surface area contributed by atoms with Gasteiger partial charge in [0.2, 0.25) is 5.91 Å². The Bertz CT molecular complexity index is 368. The number of rotatable bonds is 4. The van der Waals surface area contributed by atoms with Crippen molar-refractivity contribution in [1.29, 1.82) is 0 Å². The molecule has 1 aromatic rings. The average Bonchev–Trinajstić information content (AvgIpc) is 2.27. The van der Waals surface area contributed by atoms with Gasteiger partial charge in [-0.1, -0.05) is 23.7 Å². The van der Waals surface area contributed by atoms with E-state index in [9.17, 15) is 4.79 Å². The Morgan fingerprint density at radius 1 is 1.56 bits per heavy atom. The third kappa shape index (κ3) is 3.51. The first kappa shape index (κ1) is 13.0. The molecule has 0 aromatic heterocycles. The molecule has 88 valence electrons. The molecule has 0 saturated carbocycles. The van der Waals surface area contributed by atoms with Crippen molar-refractivity contribution >= 4 is 17.5 Å².